The van der Waals surface area contributed by atoms with Crippen molar-refractivity contribution in [1.29, 1.82) is 0 Å². The van der Waals surface area contributed by atoms with E-state index in [0.29, 0.717) is 19.0 Å². The van der Waals surface area contributed by atoms with Crippen LogP contribution in [-0.2, 0) is 9.53 Å². The van der Waals surface area contributed by atoms with E-state index >= 15 is 0 Å². The van der Waals surface area contributed by atoms with Gasteiger partial charge in [-0.05, 0) is 17.7 Å². The van der Waals surface area contributed by atoms with Gasteiger partial charge in [0.15, 0.2) is 6.61 Å². The van der Waals surface area contributed by atoms with E-state index in [1.165, 1.54) is 0 Å². The first-order valence-electron chi connectivity index (χ1n) is 6.95. The molecule has 1 amide bonds. The third-order valence-corrected chi connectivity index (χ3v) is 3.45. The van der Waals surface area contributed by atoms with Crippen LogP contribution in [0.5, 0.6) is 5.75 Å². The van der Waals surface area contributed by atoms with Crippen LogP contribution in [0, 0.1) is 0 Å². The van der Waals surface area contributed by atoms with Gasteiger partial charge in [0.05, 0.1) is 6.54 Å². The predicted molar refractivity (Wildman–Crippen MR) is 78.8 cm³/mol. The smallest absolute Gasteiger partial charge is 0.262 e. The van der Waals surface area contributed by atoms with E-state index in [1.807, 2.05) is 60.7 Å². The first-order chi connectivity index (χ1) is 10.3. The van der Waals surface area contributed by atoms with Crippen LogP contribution in [0.4, 0.5) is 0 Å². The van der Waals surface area contributed by atoms with E-state index in [4.69, 9.17) is 9.47 Å². The maximum atomic E-state index is 12.1. The molecule has 2 aromatic rings. The van der Waals surface area contributed by atoms with Gasteiger partial charge >= 0.3 is 0 Å². The second-order valence-corrected chi connectivity index (χ2v) is 4.91. The fraction of sp³-hybridized carbons (Fsp3) is 0.235. The SMILES string of the molecule is O=C(COc1ccccc1)N1COC(c2ccccc2)C1. The Morgan fingerprint density at radius 2 is 1.76 bits per heavy atom. The zero-order valence-corrected chi connectivity index (χ0v) is 11.6. The molecular formula is C17H17NO3. The molecule has 1 aliphatic heterocycles. The largest absolute Gasteiger partial charge is 0.484 e. The Balaban J connectivity index is 1.53. The molecule has 1 saturated heterocycles. The third kappa shape index (κ3) is 3.41. The van der Waals surface area contributed by atoms with Crippen LogP contribution in [0.3, 0.4) is 0 Å². The summed E-state index contributed by atoms with van der Waals surface area (Å²) in [6.45, 7) is 0.923. The summed E-state index contributed by atoms with van der Waals surface area (Å²) < 4.78 is 11.1. The summed E-state index contributed by atoms with van der Waals surface area (Å²) in [6.07, 6.45) is -0.0492. The van der Waals surface area contributed by atoms with Crippen molar-refractivity contribution in [3.8, 4) is 5.75 Å². The van der Waals surface area contributed by atoms with Crippen LogP contribution in [0.25, 0.3) is 0 Å². The molecule has 0 radical (unpaired) electrons. The van der Waals surface area contributed by atoms with Crippen LogP contribution in [-0.4, -0.2) is 30.7 Å². The number of para-hydroxylation sites is 1. The van der Waals surface area contributed by atoms with Crippen LogP contribution in [0.15, 0.2) is 60.7 Å². The van der Waals surface area contributed by atoms with Crippen molar-refractivity contribution in [1.82, 2.24) is 4.90 Å². The Hall–Kier alpha value is -2.33. The zero-order valence-electron chi connectivity index (χ0n) is 11.6. The first-order valence-corrected chi connectivity index (χ1v) is 6.95. The van der Waals surface area contributed by atoms with Crippen LogP contribution in [0.1, 0.15) is 11.7 Å². The van der Waals surface area contributed by atoms with Crippen molar-refractivity contribution in [3.05, 3.63) is 66.2 Å². The van der Waals surface area contributed by atoms with E-state index in [0.717, 1.165) is 5.56 Å². The molecule has 1 atom stereocenters. The zero-order chi connectivity index (χ0) is 14.5. The fourth-order valence-corrected chi connectivity index (χ4v) is 2.28. The lowest BCUT2D eigenvalue weighted by Gasteiger charge is -2.14. The van der Waals surface area contributed by atoms with E-state index in [2.05, 4.69) is 0 Å². The van der Waals surface area contributed by atoms with Gasteiger partial charge in [0.25, 0.3) is 5.91 Å². The minimum absolute atomic E-state index is 0.0366. The number of carbonyl (C=O) groups excluding carboxylic acids is 1. The number of carbonyl (C=O) groups is 1. The van der Waals surface area contributed by atoms with Crippen molar-refractivity contribution in [3.63, 3.8) is 0 Å². The highest BCUT2D eigenvalue weighted by atomic mass is 16.5. The first kappa shape index (κ1) is 13.6. The summed E-state index contributed by atoms with van der Waals surface area (Å²) in [7, 11) is 0. The maximum Gasteiger partial charge on any atom is 0.262 e. The Bertz CT molecular complexity index is 585. The highest BCUT2D eigenvalue weighted by molar-refractivity contribution is 5.77. The molecule has 0 aromatic heterocycles. The van der Waals surface area contributed by atoms with Crippen LogP contribution >= 0.6 is 0 Å². The van der Waals surface area contributed by atoms with Gasteiger partial charge < -0.3 is 14.4 Å². The predicted octanol–water partition coefficient (Wildman–Crippen LogP) is 2.62. The lowest BCUT2D eigenvalue weighted by Crippen LogP contribution is -2.32. The summed E-state index contributed by atoms with van der Waals surface area (Å²) in [5, 5.41) is 0. The highest BCUT2D eigenvalue weighted by Gasteiger charge is 2.28. The monoisotopic (exact) mass is 283 g/mol. The average molecular weight is 283 g/mol. The van der Waals surface area contributed by atoms with Crippen molar-refractivity contribution in [2.45, 2.75) is 6.10 Å². The molecule has 1 aliphatic rings. The molecule has 2 aromatic carbocycles. The van der Waals surface area contributed by atoms with Gasteiger partial charge in [0.1, 0.15) is 18.6 Å². The minimum Gasteiger partial charge on any atom is -0.484 e. The normalized spacial score (nSPS) is 17.7. The van der Waals surface area contributed by atoms with Crippen molar-refractivity contribution in [2.75, 3.05) is 19.9 Å². The number of hydrogen-bond donors (Lipinski definition) is 0. The Morgan fingerprint density at radius 1 is 1.10 bits per heavy atom. The van der Waals surface area contributed by atoms with Gasteiger partial charge in [-0.1, -0.05) is 48.5 Å². The van der Waals surface area contributed by atoms with Crippen molar-refractivity contribution >= 4 is 5.91 Å². The molecule has 4 heteroatoms. The van der Waals surface area contributed by atoms with Gasteiger partial charge in [-0.2, -0.15) is 0 Å². The molecule has 1 heterocycles. The number of rotatable bonds is 4. The second kappa shape index (κ2) is 6.41. The molecule has 1 unspecified atom stereocenters. The second-order valence-electron chi connectivity index (χ2n) is 4.91. The van der Waals surface area contributed by atoms with E-state index in [1.54, 1.807) is 4.90 Å². The molecule has 0 N–H and O–H groups in total. The molecule has 0 aliphatic carbocycles. The van der Waals surface area contributed by atoms with Gasteiger partial charge in [-0.25, -0.2) is 0 Å². The van der Waals surface area contributed by atoms with Crippen molar-refractivity contribution in [2.24, 2.45) is 0 Å². The van der Waals surface area contributed by atoms with Gasteiger partial charge in [-0.15, -0.1) is 0 Å². The lowest BCUT2D eigenvalue weighted by molar-refractivity contribution is -0.133. The highest BCUT2D eigenvalue weighted by Crippen LogP contribution is 2.24. The number of hydrogen-bond acceptors (Lipinski definition) is 3. The number of nitrogens with zero attached hydrogens (tertiary/aromatic N) is 1. The lowest BCUT2D eigenvalue weighted by atomic mass is 10.1. The Labute approximate surface area is 123 Å². The standard InChI is InChI=1S/C17H17NO3/c19-17(12-20-15-9-5-2-6-10-15)18-11-16(21-13-18)14-7-3-1-4-8-14/h1-10,16H,11-13H2. The summed E-state index contributed by atoms with van der Waals surface area (Å²) in [5.41, 5.74) is 1.09. The van der Waals surface area contributed by atoms with Crippen LogP contribution < -0.4 is 4.74 Å². The maximum absolute atomic E-state index is 12.1. The van der Waals surface area contributed by atoms with Gasteiger partial charge in [0, 0.05) is 0 Å². The minimum atomic E-state index is -0.0581. The molecular weight excluding hydrogens is 266 g/mol. The van der Waals surface area contributed by atoms with E-state index in [-0.39, 0.29) is 18.6 Å². The fourth-order valence-electron chi connectivity index (χ4n) is 2.28. The molecule has 0 spiro atoms. The Kier molecular flexibility index (Phi) is 4.17. The number of amides is 1. The summed E-state index contributed by atoms with van der Waals surface area (Å²) in [5.74, 6) is 0.642. The molecule has 0 saturated carbocycles. The summed E-state index contributed by atoms with van der Waals surface area (Å²) in [6, 6.07) is 19.3. The summed E-state index contributed by atoms with van der Waals surface area (Å²) >= 11 is 0. The number of ether oxygens (including phenoxy) is 2. The molecule has 1 fully saturated rings. The van der Waals surface area contributed by atoms with E-state index < -0.39 is 0 Å². The quantitative estimate of drug-likeness (QED) is 0.866. The van der Waals surface area contributed by atoms with Gasteiger partial charge in [0.2, 0.25) is 0 Å². The number of benzene rings is 2. The third-order valence-electron chi connectivity index (χ3n) is 3.45. The Morgan fingerprint density at radius 3 is 2.48 bits per heavy atom. The summed E-state index contributed by atoms with van der Waals surface area (Å²) in [4.78, 5) is 13.8. The molecule has 4 nitrogen and oxygen atoms in total. The van der Waals surface area contributed by atoms with Gasteiger partial charge in [-0.3, -0.25) is 4.79 Å². The molecule has 0 bridgehead atoms. The van der Waals surface area contributed by atoms with E-state index in [9.17, 15) is 4.79 Å². The average Bonchev–Trinajstić information content (AvgIpc) is 3.04. The van der Waals surface area contributed by atoms with Crippen LogP contribution in [0.2, 0.25) is 0 Å². The molecule has 3 rings (SSSR count). The van der Waals surface area contributed by atoms with Crippen molar-refractivity contribution < 1.29 is 14.3 Å². The molecule has 108 valence electrons. The molecule has 21 heavy (non-hydrogen) atoms. The topological polar surface area (TPSA) is 38.8 Å².